The first-order valence-electron chi connectivity index (χ1n) is 7.71. The number of rotatable bonds is 6. The van der Waals surface area contributed by atoms with Crippen molar-refractivity contribution in [2.75, 3.05) is 27.2 Å². The van der Waals surface area contributed by atoms with Crippen LogP contribution in [0.5, 0.6) is 0 Å². The average Bonchev–Trinajstić information content (AvgIpc) is 2.40. The standard InChI is InChI=1S/C17H30N4.HI/c1-7-18-17(20-13(2)3)19-12-16(21(5)6)15-10-8-14(4)9-11-15;/h8-11,13,16H,7,12H2,1-6H3,(H2,18,19,20);1H. The van der Waals surface area contributed by atoms with Gasteiger partial charge in [0.25, 0.3) is 0 Å². The molecule has 0 saturated heterocycles. The summed E-state index contributed by atoms with van der Waals surface area (Å²) in [5.74, 6) is 0.881. The number of nitrogens with zero attached hydrogens (tertiary/aromatic N) is 2. The van der Waals surface area contributed by atoms with E-state index in [9.17, 15) is 0 Å². The van der Waals surface area contributed by atoms with E-state index < -0.39 is 0 Å². The molecule has 1 rings (SSSR count). The van der Waals surface area contributed by atoms with Gasteiger partial charge in [-0.1, -0.05) is 29.8 Å². The Morgan fingerprint density at radius 1 is 1.18 bits per heavy atom. The molecule has 1 aromatic carbocycles. The van der Waals surface area contributed by atoms with Gasteiger partial charge in [-0.15, -0.1) is 24.0 Å². The third-order valence-corrected chi connectivity index (χ3v) is 3.28. The van der Waals surface area contributed by atoms with Crippen LogP contribution in [0.25, 0.3) is 0 Å². The maximum atomic E-state index is 4.73. The van der Waals surface area contributed by atoms with Gasteiger partial charge in [0.2, 0.25) is 0 Å². The molecule has 0 aliphatic heterocycles. The highest BCUT2D eigenvalue weighted by atomic mass is 127. The van der Waals surface area contributed by atoms with E-state index in [1.165, 1.54) is 11.1 Å². The molecule has 2 N–H and O–H groups in total. The van der Waals surface area contributed by atoms with Gasteiger partial charge in [0, 0.05) is 12.6 Å². The molecule has 0 saturated carbocycles. The Morgan fingerprint density at radius 2 is 1.77 bits per heavy atom. The Morgan fingerprint density at radius 3 is 2.23 bits per heavy atom. The summed E-state index contributed by atoms with van der Waals surface area (Å²) >= 11 is 0. The van der Waals surface area contributed by atoms with Gasteiger partial charge in [-0.25, -0.2) is 0 Å². The van der Waals surface area contributed by atoms with E-state index in [-0.39, 0.29) is 30.0 Å². The number of halogens is 1. The van der Waals surface area contributed by atoms with Gasteiger partial charge >= 0.3 is 0 Å². The summed E-state index contributed by atoms with van der Waals surface area (Å²) in [5, 5.41) is 6.65. The van der Waals surface area contributed by atoms with Gasteiger partial charge < -0.3 is 15.5 Å². The molecule has 126 valence electrons. The first-order valence-corrected chi connectivity index (χ1v) is 7.71. The summed E-state index contributed by atoms with van der Waals surface area (Å²) in [5.41, 5.74) is 2.59. The Balaban J connectivity index is 0.00000441. The minimum absolute atomic E-state index is 0. The van der Waals surface area contributed by atoms with Gasteiger partial charge in [0.15, 0.2) is 5.96 Å². The molecule has 0 aromatic heterocycles. The number of hydrogen-bond donors (Lipinski definition) is 2. The van der Waals surface area contributed by atoms with E-state index >= 15 is 0 Å². The lowest BCUT2D eigenvalue weighted by molar-refractivity contribution is 0.306. The van der Waals surface area contributed by atoms with Crippen molar-refractivity contribution in [3.63, 3.8) is 0 Å². The molecule has 5 heteroatoms. The molecule has 1 atom stereocenters. The number of guanidine groups is 1. The van der Waals surface area contributed by atoms with Crippen LogP contribution < -0.4 is 10.6 Å². The number of nitrogens with one attached hydrogen (secondary N) is 2. The summed E-state index contributed by atoms with van der Waals surface area (Å²) in [7, 11) is 4.20. The van der Waals surface area contributed by atoms with Crippen LogP contribution in [0, 0.1) is 6.92 Å². The molecule has 0 radical (unpaired) electrons. The quantitative estimate of drug-likeness (QED) is 0.424. The van der Waals surface area contributed by atoms with Crippen molar-refractivity contribution < 1.29 is 0 Å². The van der Waals surface area contributed by atoms with Crippen molar-refractivity contribution in [3.8, 4) is 0 Å². The normalized spacial score (nSPS) is 13.0. The molecule has 1 unspecified atom stereocenters. The van der Waals surface area contributed by atoms with Gasteiger partial charge in [0.1, 0.15) is 0 Å². The third kappa shape index (κ3) is 7.45. The van der Waals surface area contributed by atoms with Gasteiger partial charge in [-0.05, 0) is 47.4 Å². The highest BCUT2D eigenvalue weighted by Crippen LogP contribution is 2.19. The topological polar surface area (TPSA) is 39.7 Å². The van der Waals surface area contributed by atoms with Crippen LogP contribution in [0.4, 0.5) is 0 Å². The zero-order chi connectivity index (χ0) is 15.8. The van der Waals surface area contributed by atoms with E-state index in [4.69, 9.17) is 4.99 Å². The summed E-state index contributed by atoms with van der Waals surface area (Å²) in [6, 6.07) is 9.37. The van der Waals surface area contributed by atoms with Gasteiger partial charge in [-0.3, -0.25) is 4.99 Å². The number of aryl methyl sites for hydroxylation is 1. The summed E-state index contributed by atoms with van der Waals surface area (Å²) in [4.78, 5) is 6.94. The third-order valence-electron chi connectivity index (χ3n) is 3.28. The number of aliphatic imine (C=N–C) groups is 1. The largest absolute Gasteiger partial charge is 0.357 e. The van der Waals surface area contributed by atoms with Crippen LogP contribution in [0.3, 0.4) is 0 Å². The molecule has 0 bridgehead atoms. The Labute approximate surface area is 152 Å². The zero-order valence-electron chi connectivity index (χ0n) is 14.7. The van der Waals surface area contributed by atoms with Crippen LogP contribution in [0.2, 0.25) is 0 Å². The first-order chi connectivity index (χ1) is 9.93. The maximum absolute atomic E-state index is 4.73. The lowest BCUT2D eigenvalue weighted by atomic mass is 10.0. The predicted octanol–water partition coefficient (Wildman–Crippen LogP) is 3.18. The van der Waals surface area contributed by atoms with Crippen molar-refractivity contribution in [2.45, 2.75) is 39.8 Å². The highest BCUT2D eigenvalue weighted by molar-refractivity contribution is 14.0. The molecule has 0 amide bonds. The van der Waals surface area contributed by atoms with Crippen molar-refractivity contribution >= 4 is 29.9 Å². The van der Waals surface area contributed by atoms with E-state index in [2.05, 4.69) is 81.6 Å². The van der Waals surface area contributed by atoms with Gasteiger partial charge in [0.05, 0.1) is 12.6 Å². The Hall–Kier alpha value is -0.820. The van der Waals surface area contributed by atoms with E-state index in [1.54, 1.807) is 0 Å². The lowest BCUT2D eigenvalue weighted by Crippen LogP contribution is -2.41. The number of hydrogen-bond acceptors (Lipinski definition) is 2. The fourth-order valence-electron chi connectivity index (χ4n) is 2.13. The molecule has 0 aliphatic carbocycles. The first kappa shape index (κ1) is 21.2. The summed E-state index contributed by atoms with van der Waals surface area (Å²) in [6.45, 7) is 10.0. The van der Waals surface area contributed by atoms with E-state index in [1.807, 2.05) is 0 Å². The van der Waals surface area contributed by atoms with Crippen molar-refractivity contribution in [3.05, 3.63) is 35.4 Å². The Kier molecular flexibility index (Phi) is 10.4. The number of likely N-dealkylation sites (N-methyl/N-ethyl adjacent to an activating group) is 1. The van der Waals surface area contributed by atoms with E-state index in [0.29, 0.717) is 6.04 Å². The monoisotopic (exact) mass is 418 g/mol. The molecule has 0 heterocycles. The predicted molar refractivity (Wildman–Crippen MR) is 107 cm³/mol. The van der Waals surface area contributed by atoms with Crippen LogP contribution in [-0.4, -0.2) is 44.1 Å². The fourth-order valence-corrected chi connectivity index (χ4v) is 2.13. The second-order valence-corrected chi connectivity index (χ2v) is 5.91. The van der Waals surface area contributed by atoms with Crippen LogP contribution in [0.15, 0.2) is 29.3 Å². The van der Waals surface area contributed by atoms with Gasteiger partial charge in [-0.2, -0.15) is 0 Å². The van der Waals surface area contributed by atoms with Crippen molar-refractivity contribution in [1.82, 2.24) is 15.5 Å². The van der Waals surface area contributed by atoms with E-state index in [0.717, 1.165) is 19.0 Å². The molecule has 22 heavy (non-hydrogen) atoms. The molecule has 4 nitrogen and oxygen atoms in total. The molecule has 0 aliphatic rings. The van der Waals surface area contributed by atoms with Crippen molar-refractivity contribution in [1.29, 1.82) is 0 Å². The van der Waals surface area contributed by atoms with Crippen LogP contribution in [-0.2, 0) is 0 Å². The Bertz CT molecular complexity index is 440. The minimum Gasteiger partial charge on any atom is -0.357 e. The number of benzene rings is 1. The smallest absolute Gasteiger partial charge is 0.191 e. The molecular formula is C17H31IN4. The minimum atomic E-state index is 0. The zero-order valence-corrected chi connectivity index (χ0v) is 17.0. The van der Waals surface area contributed by atoms with Crippen LogP contribution in [0.1, 0.15) is 37.9 Å². The second kappa shape index (κ2) is 10.8. The molecule has 0 spiro atoms. The highest BCUT2D eigenvalue weighted by Gasteiger charge is 2.14. The summed E-state index contributed by atoms with van der Waals surface area (Å²) in [6.07, 6.45) is 0. The lowest BCUT2D eigenvalue weighted by Gasteiger charge is -2.24. The second-order valence-electron chi connectivity index (χ2n) is 5.91. The van der Waals surface area contributed by atoms with Crippen LogP contribution >= 0.6 is 24.0 Å². The SMILES string of the molecule is CCNC(=NCC(c1ccc(C)cc1)N(C)C)NC(C)C.I. The maximum Gasteiger partial charge on any atom is 0.191 e. The molecule has 1 aromatic rings. The molecule has 0 fully saturated rings. The summed E-state index contributed by atoms with van der Waals surface area (Å²) < 4.78 is 0. The molecular weight excluding hydrogens is 387 g/mol. The van der Waals surface area contributed by atoms with Crippen molar-refractivity contribution in [2.24, 2.45) is 4.99 Å². The average molecular weight is 418 g/mol. The fraction of sp³-hybridized carbons (Fsp3) is 0.588.